The van der Waals surface area contributed by atoms with Crippen molar-refractivity contribution in [3.63, 3.8) is 0 Å². The molecule has 0 amide bonds. The second kappa shape index (κ2) is 7.14. The van der Waals surface area contributed by atoms with E-state index in [1.54, 1.807) is 25.9 Å². The molecule has 2 heterocycles. The number of nitrogens with zero attached hydrogens (tertiary/aromatic N) is 2. The zero-order chi connectivity index (χ0) is 17.4. The van der Waals surface area contributed by atoms with Crippen molar-refractivity contribution in [2.75, 3.05) is 20.7 Å². The van der Waals surface area contributed by atoms with Crippen LogP contribution in [0.2, 0.25) is 0 Å². The zero-order valence-corrected chi connectivity index (χ0v) is 13.8. The van der Waals surface area contributed by atoms with Crippen LogP contribution in [0.25, 0.3) is 0 Å². The Kier molecular flexibility index (Phi) is 5.83. The summed E-state index contributed by atoms with van der Waals surface area (Å²) in [6.07, 6.45) is -11.5. The van der Waals surface area contributed by atoms with Gasteiger partial charge < -0.3 is 24.6 Å². The van der Waals surface area contributed by atoms with Gasteiger partial charge in [0, 0.05) is 20.7 Å². The first-order valence-electron chi connectivity index (χ1n) is 7.28. The van der Waals surface area contributed by atoms with Crippen LogP contribution in [0.15, 0.2) is 4.99 Å². The van der Waals surface area contributed by atoms with Crippen molar-refractivity contribution in [1.82, 2.24) is 4.90 Å². The summed E-state index contributed by atoms with van der Waals surface area (Å²) >= 11 is 1.12. The molecule has 2 aliphatic heterocycles. The van der Waals surface area contributed by atoms with Crippen molar-refractivity contribution in [3.8, 4) is 0 Å². The molecule has 1 saturated heterocycles. The molecular formula is C13H21F3N2O4S. The molecule has 23 heavy (non-hydrogen) atoms. The van der Waals surface area contributed by atoms with E-state index in [0.29, 0.717) is 11.6 Å². The average molecular weight is 358 g/mol. The Labute approximate surface area is 136 Å². The fraction of sp³-hybridized carbons (Fsp3) is 0.923. The summed E-state index contributed by atoms with van der Waals surface area (Å²) in [5, 5.41) is 20.8. The lowest BCUT2D eigenvalue weighted by Crippen LogP contribution is -2.61. The highest BCUT2D eigenvalue weighted by molar-refractivity contribution is 8.14. The molecule has 0 aromatic rings. The largest absolute Gasteiger partial charge is 0.417 e. The summed E-state index contributed by atoms with van der Waals surface area (Å²) in [6.45, 7) is 1.56. The Morgan fingerprint density at radius 2 is 2.00 bits per heavy atom. The summed E-state index contributed by atoms with van der Waals surface area (Å²) in [7, 11) is 3.46. The first-order chi connectivity index (χ1) is 10.7. The Bertz CT molecular complexity index is 449. The van der Waals surface area contributed by atoms with E-state index in [1.807, 2.05) is 0 Å². The molecule has 2 N–H and O–H groups in total. The van der Waals surface area contributed by atoms with Crippen LogP contribution in [0.3, 0.4) is 0 Å². The summed E-state index contributed by atoms with van der Waals surface area (Å²) in [4.78, 5) is 5.88. The van der Waals surface area contributed by atoms with Crippen molar-refractivity contribution in [1.29, 1.82) is 0 Å². The van der Waals surface area contributed by atoms with E-state index >= 15 is 0 Å². The molecule has 0 radical (unpaired) electrons. The number of aliphatic imine (C=N–C) groups is 1. The molecule has 0 bridgehead atoms. The van der Waals surface area contributed by atoms with Gasteiger partial charge in [0.05, 0.1) is 0 Å². The van der Waals surface area contributed by atoms with Gasteiger partial charge in [-0.1, -0.05) is 18.7 Å². The van der Waals surface area contributed by atoms with Crippen LogP contribution in [0.1, 0.15) is 13.3 Å². The topological polar surface area (TPSA) is 74.5 Å². The Hall–Kier alpha value is -0.550. The third-order valence-electron chi connectivity index (χ3n) is 3.59. The third kappa shape index (κ3) is 3.93. The monoisotopic (exact) mass is 358 g/mol. The minimum atomic E-state index is -4.71. The fourth-order valence-electron chi connectivity index (χ4n) is 2.46. The van der Waals surface area contributed by atoms with E-state index in [4.69, 9.17) is 9.47 Å². The molecule has 6 atom stereocenters. The van der Waals surface area contributed by atoms with Crippen LogP contribution < -0.4 is 0 Å². The van der Waals surface area contributed by atoms with Crippen LogP contribution in [-0.4, -0.2) is 83.1 Å². The van der Waals surface area contributed by atoms with Gasteiger partial charge in [-0.3, -0.25) is 4.99 Å². The summed E-state index contributed by atoms with van der Waals surface area (Å²) in [6, 6.07) is -0.802. The molecule has 2 aliphatic rings. The van der Waals surface area contributed by atoms with E-state index in [1.165, 1.54) is 0 Å². The first kappa shape index (κ1) is 18.8. The summed E-state index contributed by atoms with van der Waals surface area (Å²) < 4.78 is 50.0. The predicted molar refractivity (Wildman–Crippen MR) is 79.3 cm³/mol. The van der Waals surface area contributed by atoms with Gasteiger partial charge in [0.25, 0.3) is 0 Å². The quantitative estimate of drug-likeness (QED) is 0.775. The Morgan fingerprint density at radius 1 is 1.35 bits per heavy atom. The van der Waals surface area contributed by atoms with E-state index < -0.39 is 42.1 Å². The Morgan fingerprint density at radius 3 is 2.52 bits per heavy atom. The number of ether oxygens (including phenoxy) is 2. The number of hydrogen-bond donors (Lipinski definition) is 2. The number of hydrogen-bond acceptors (Lipinski definition) is 7. The van der Waals surface area contributed by atoms with Gasteiger partial charge in [-0.2, -0.15) is 13.2 Å². The predicted octanol–water partition coefficient (Wildman–Crippen LogP) is 0.824. The normalized spacial score (nSPS) is 35.7. The highest BCUT2D eigenvalue weighted by Crippen LogP contribution is 2.40. The molecule has 1 unspecified atom stereocenters. The smallest absolute Gasteiger partial charge is 0.388 e. The molecule has 134 valence electrons. The maximum Gasteiger partial charge on any atom is 0.417 e. The molecule has 0 aromatic heterocycles. The highest BCUT2D eigenvalue weighted by Gasteiger charge is 2.57. The molecule has 0 spiro atoms. The van der Waals surface area contributed by atoms with Crippen LogP contribution in [-0.2, 0) is 9.47 Å². The van der Waals surface area contributed by atoms with Crippen LogP contribution in [0.4, 0.5) is 13.2 Å². The second-order valence-corrected chi connectivity index (χ2v) is 6.76. The van der Waals surface area contributed by atoms with Crippen LogP contribution in [0.5, 0.6) is 0 Å². The number of halogens is 3. The van der Waals surface area contributed by atoms with Crippen LogP contribution in [0, 0.1) is 0 Å². The molecule has 1 fully saturated rings. The molecule has 2 rings (SSSR count). The minimum Gasteiger partial charge on any atom is -0.388 e. The lowest BCUT2D eigenvalue weighted by molar-refractivity contribution is -0.284. The van der Waals surface area contributed by atoms with E-state index in [9.17, 15) is 23.4 Å². The fourth-order valence-corrected chi connectivity index (χ4v) is 3.61. The second-order valence-electron chi connectivity index (χ2n) is 5.70. The van der Waals surface area contributed by atoms with Gasteiger partial charge in [-0.25, -0.2) is 0 Å². The number of alkyl halides is 3. The van der Waals surface area contributed by atoms with Crippen molar-refractivity contribution in [2.24, 2.45) is 4.99 Å². The van der Waals surface area contributed by atoms with Gasteiger partial charge in [0.1, 0.15) is 29.8 Å². The standard InChI is InChI=1S/C13H21F3N2O4S/c1-4-5-21-10(13(14,15)16)9-8(20)7(19)6-11(22-9)23-12(17-6)18(2)3/h6-11,19-20H,4-5H2,1-3H3/t6-,7-,8+,9?,10-,11-/m1/s1. The van der Waals surface area contributed by atoms with Crippen molar-refractivity contribution in [2.45, 2.75) is 55.4 Å². The third-order valence-corrected chi connectivity index (χ3v) is 4.90. The van der Waals surface area contributed by atoms with E-state index in [0.717, 1.165) is 11.8 Å². The lowest BCUT2D eigenvalue weighted by atomic mass is 9.94. The number of amidine groups is 1. The summed E-state index contributed by atoms with van der Waals surface area (Å²) in [5.74, 6) is 0. The maximum atomic E-state index is 13.2. The minimum absolute atomic E-state index is 0.118. The SMILES string of the molecule is CCCO[C@H](C1O[C@@H]2SC(N(C)C)=N[C@@H]2[C@@H](O)[C@@H]1O)C(F)(F)F. The van der Waals surface area contributed by atoms with Crippen molar-refractivity contribution < 1.29 is 32.9 Å². The lowest BCUT2D eigenvalue weighted by Gasteiger charge is -2.41. The Balaban J connectivity index is 2.18. The summed E-state index contributed by atoms with van der Waals surface area (Å²) in [5.41, 5.74) is -0.786. The molecule has 0 aliphatic carbocycles. The maximum absolute atomic E-state index is 13.2. The van der Waals surface area contributed by atoms with Crippen molar-refractivity contribution >= 4 is 16.9 Å². The van der Waals surface area contributed by atoms with Gasteiger partial charge in [0.2, 0.25) is 0 Å². The zero-order valence-electron chi connectivity index (χ0n) is 13.0. The van der Waals surface area contributed by atoms with E-state index in [2.05, 4.69) is 4.99 Å². The molecule has 6 nitrogen and oxygen atoms in total. The number of aliphatic hydroxyl groups excluding tert-OH is 2. The first-order valence-corrected chi connectivity index (χ1v) is 8.16. The number of aliphatic hydroxyl groups is 2. The number of rotatable bonds is 4. The van der Waals surface area contributed by atoms with Crippen LogP contribution >= 0.6 is 11.8 Å². The molecular weight excluding hydrogens is 337 g/mol. The van der Waals surface area contributed by atoms with E-state index in [-0.39, 0.29) is 6.61 Å². The van der Waals surface area contributed by atoms with Gasteiger partial charge in [-0.05, 0) is 6.42 Å². The van der Waals surface area contributed by atoms with Gasteiger partial charge in [-0.15, -0.1) is 0 Å². The van der Waals surface area contributed by atoms with Gasteiger partial charge in [0.15, 0.2) is 11.3 Å². The number of fused-ring (bicyclic) bond motifs is 1. The molecule has 0 saturated carbocycles. The van der Waals surface area contributed by atoms with Gasteiger partial charge >= 0.3 is 6.18 Å². The highest BCUT2D eigenvalue weighted by atomic mass is 32.2. The number of thioether (sulfide) groups is 1. The van der Waals surface area contributed by atoms with Crippen molar-refractivity contribution in [3.05, 3.63) is 0 Å². The molecule has 0 aromatic carbocycles. The average Bonchev–Trinajstić information content (AvgIpc) is 2.87. The molecule has 10 heteroatoms.